The molecule has 0 aromatic heterocycles. The number of piperidine rings is 2. The molecule has 18 heavy (non-hydrogen) atoms. The highest BCUT2D eigenvalue weighted by Gasteiger charge is 2.48. The number of aliphatic hydroxyl groups is 1. The van der Waals surface area contributed by atoms with E-state index in [4.69, 9.17) is 0 Å². The van der Waals surface area contributed by atoms with Crippen LogP contribution in [0.5, 0.6) is 0 Å². The first-order chi connectivity index (χ1) is 8.48. The number of hydrogen-bond donors (Lipinski definition) is 2. The Morgan fingerprint density at radius 1 is 1.11 bits per heavy atom. The second-order valence-corrected chi connectivity index (χ2v) is 7.36. The number of rotatable bonds is 2. The van der Waals surface area contributed by atoms with Gasteiger partial charge in [-0.15, -0.1) is 0 Å². The average molecular weight is 252 g/mol. The Hall–Kier alpha value is -0.120. The Balaban J connectivity index is 1.59. The molecule has 3 nitrogen and oxygen atoms in total. The van der Waals surface area contributed by atoms with E-state index in [2.05, 4.69) is 31.1 Å². The maximum absolute atomic E-state index is 9.83. The van der Waals surface area contributed by atoms with E-state index < -0.39 is 0 Å². The highest BCUT2D eigenvalue weighted by atomic mass is 16.3. The largest absolute Gasteiger partial charge is 0.392 e. The van der Waals surface area contributed by atoms with Gasteiger partial charge in [0, 0.05) is 29.6 Å². The van der Waals surface area contributed by atoms with Crippen LogP contribution in [0, 0.1) is 5.41 Å². The van der Waals surface area contributed by atoms with Crippen LogP contribution in [0.25, 0.3) is 0 Å². The van der Waals surface area contributed by atoms with E-state index in [1.807, 2.05) is 0 Å². The van der Waals surface area contributed by atoms with Crippen molar-refractivity contribution < 1.29 is 5.11 Å². The first-order valence-electron chi connectivity index (χ1n) is 7.64. The predicted octanol–water partition coefficient (Wildman–Crippen LogP) is 1.75. The molecule has 2 saturated heterocycles. The van der Waals surface area contributed by atoms with Gasteiger partial charge >= 0.3 is 0 Å². The van der Waals surface area contributed by atoms with Gasteiger partial charge in [0.25, 0.3) is 0 Å². The normalized spacial score (nSPS) is 47.7. The number of fused-ring (bicyclic) bond motifs is 2. The molecule has 1 aliphatic carbocycles. The summed E-state index contributed by atoms with van der Waals surface area (Å²) in [6.45, 7) is 4.38. The van der Waals surface area contributed by atoms with Gasteiger partial charge < -0.3 is 15.3 Å². The number of nitrogens with zero attached hydrogens (tertiary/aromatic N) is 1. The molecule has 3 fully saturated rings. The van der Waals surface area contributed by atoms with Gasteiger partial charge in [-0.2, -0.15) is 0 Å². The third-order valence-electron chi connectivity index (χ3n) is 5.99. The number of nitrogens with one attached hydrogen (secondary N) is 1. The molecule has 0 radical (unpaired) electrons. The monoisotopic (exact) mass is 252 g/mol. The van der Waals surface area contributed by atoms with E-state index in [1.54, 1.807) is 0 Å². The van der Waals surface area contributed by atoms with Crippen molar-refractivity contribution in [2.75, 3.05) is 7.05 Å². The lowest BCUT2D eigenvalue weighted by Gasteiger charge is -2.54. The summed E-state index contributed by atoms with van der Waals surface area (Å²) in [7, 11) is 2.31. The molecule has 0 aromatic rings. The minimum absolute atomic E-state index is 0.0679. The van der Waals surface area contributed by atoms with Crippen LogP contribution < -0.4 is 5.32 Å². The van der Waals surface area contributed by atoms with E-state index in [9.17, 15) is 5.11 Å². The molecular formula is C15H28N2O. The lowest BCUT2D eigenvalue weighted by molar-refractivity contribution is -0.0814. The molecule has 3 heteroatoms. The van der Waals surface area contributed by atoms with Crippen molar-refractivity contribution >= 4 is 0 Å². The van der Waals surface area contributed by atoms with Crippen molar-refractivity contribution in [2.45, 2.75) is 82.6 Å². The minimum Gasteiger partial charge on any atom is -0.392 e. The van der Waals surface area contributed by atoms with Gasteiger partial charge in [0.15, 0.2) is 0 Å². The summed E-state index contributed by atoms with van der Waals surface area (Å²) in [5, 5.41) is 13.7. The third-order valence-corrected chi connectivity index (χ3v) is 5.99. The molecule has 2 bridgehead atoms. The zero-order valence-corrected chi connectivity index (χ0v) is 12.0. The third kappa shape index (κ3) is 2.00. The molecule has 1 saturated carbocycles. The van der Waals surface area contributed by atoms with Crippen LogP contribution in [0.2, 0.25) is 0 Å². The van der Waals surface area contributed by atoms with Gasteiger partial charge in [-0.1, -0.05) is 20.3 Å². The van der Waals surface area contributed by atoms with E-state index in [-0.39, 0.29) is 11.5 Å². The quantitative estimate of drug-likeness (QED) is 0.786. The molecule has 0 amide bonds. The lowest BCUT2D eigenvalue weighted by atomic mass is 9.64. The van der Waals surface area contributed by atoms with Gasteiger partial charge in [-0.05, 0) is 39.2 Å². The first kappa shape index (κ1) is 12.9. The van der Waals surface area contributed by atoms with Crippen LogP contribution in [0.4, 0.5) is 0 Å². The fraction of sp³-hybridized carbons (Fsp3) is 1.00. The van der Waals surface area contributed by atoms with Gasteiger partial charge in [-0.3, -0.25) is 0 Å². The standard InChI is InChI=1S/C15H28N2O/c1-15(2)13(9-14(15)18)16-10-7-11-5-4-6-12(8-10)17(11)3/h10-14,16,18H,4-9H2,1-3H3. The van der Waals surface area contributed by atoms with Gasteiger partial charge in [0.05, 0.1) is 6.10 Å². The van der Waals surface area contributed by atoms with Crippen LogP contribution in [0.15, 0.2) is 0 Å². The summed E-state index contributed by atoms with van der Waals surface area (Å²) >= 11 is 0. The van der Waals surface area contributed by atoms with Gasteiger partial charge in [-0.25, -0.2) is 0 Å². The summed E-state index contributed by atoms with van der Waals surface area (Å²) < 4.78 is 0. The summed E-state index contributed by atoms with van der Waals surface area (Å²) in [5.41, 5.74) is 0.0679. The Kier molecular flexibility index (Phi) is 3.20. The van der Waals surface area contributed by atoms with Crippen molar-refractivity contribution in [3.63, 3.8) is 0 Å². The highest BCUT2D eigenvalue weighted by Crippen LogP contribution is 2.42. The first-order valence-corrected chi connectivity index (χ1v) is 7.64. The van der Waals surface area contributed by atoms with Crippen molar-refractivity contribution in [2.24, 2.45) is 5.41 Å². The fourth-order valence-electron chi connectivity index (χ4n) is 4.22. The van der Waals surface area contributed by atoms with Crippen LogP contribution in [0.3, 0.4) is 0 Å². The van der Waals surface area contributed by atoms with E-state index in [0.717, 1.165) is 18.5 Å². The van der Waals surface area contributed by atoms with Gasteiger partial charge in [0.2, 0.25) is 0 Å². The molecule has 0 aromatic carbocycles. The second-order valence-electron chi connectivity index (χ2n) is 7.36. The van der Waals surface area contributed by atoms with E-state index in [0.29, 0.717) is 12.1 Å². The smallest absolute Gasteiger partial charge is 0.0621 e. The van der Waals surface area contributed by atoms with Crippen LogP contribution in [-0.4, -0.2) is 47.3 Å². The summed E-state index contributed by atoms with van der Waals surface area (Å²) in [5.74, 6) is 0. The maximum Gasteiger partial charge on any atom is 0.0621 e. The van der Waals surface area contributed by atoms with Crippen molar-refractivity contribution in [1.82, 2.24) is 10.2 Å². The molecule has 3 aliphatic rings. The molecule has 4 atom stereocenters. The zero-order chi connectivity index (χ0) is 12.9. The number of aliphatic hydroxyl groups excluding tert-OH is 1. The van der Waals surface area contributed by atoms with Crippen LogP contribution in [0.1, 0.15) is 52.4 Å². The van der Waals surface area contributed by atoms with Crippen LogP contribution >= 0.6 is 0 Å². The van der Waals surface area contributed by atoms with E-state index in [1.165, 1.54) is 32.1 Å². The fourth-order valence-corrected chi connectivity index (χ4v) is 4.22. The summed E-state index contributed by atoms with van der Waals surface area (Å²) in [6, 6.07) is 2.78. The lowest BCUT2D eigenvalue weighted by Crippen LogP contribution is -2.64. The van der Waals surface area contributed by atoms with Crippen molar-refractivity contribution in [1.29, 1.82) is 0 Å². The molecule has 2 heterocycles. The Morgan fingerprint density at radius 2 is 1.72 bits per heavy atom. The van der Waals surface area contributed by atoms with Crippen molar-refractivity contribution in [3.8, 4) is 0 Å². The molecule has 104 valence electrons. The topological polar surface area (TPSA) is 35.5 Å². The zero-order valence-electron chi connectivity index (χ0n) is 12.0. The predicted molar refractivity (Wildman–Crippen MR) is 73.5 cm³/mol. The molecule has 2 N–H and O–H groups in total. The number of hydrogen-bond acceptors (Lipinski definition) is 3. The maximum atomic E-state index is 9.83. The highest BCUT2D eigenvalue weighted by molar-refractivity contribution is 5.04. The Labute approximate surface area is 111 Å². The molecule has 4 unspecified atom stereocenters. The van der Waals surface area contributed by atoms with Gasteiger partial charge in [0.1, 0.15) is 0 Å². The van der Waals surface area contributed by atoms with Crippen LogP contribution in [-0.2, 0) is 0 Å². The SMILES string of the molecule is CN1C2CCCC1CC(NC1CC(O)C1(C)C)C2. The Morgan fingerprint density at radius 3 is 2.22 bits per heavy atom. The average Bonchev–Trinajstić information content (AvgIpc) is 2.30. The molecule has 2 aliphatic heterocycles. The molecule has 0 spiro atoms. The second kappa shape index (κ2) is 4.46. The Bertz CT molecular complexity index is 304. The molecular weight excluding hydrogens is 224 g/mol. The minimum atomic E-state index is -0.110. The molecule has 3 rings (SSSR count). The van der Waals surface area contributed by atoms with Crippen molar-refractivity contribution in [3.05, 3.63) is 0 Å². The summed E-state index contributed by atoms with van der Waals surface area (Å²) in [6.07, 6.45) is 7.60. The summed E-state index contributed by atoms with van der Waals surface area (Å²) in [4.78, 5) is 2.61. The van der Waals surface area contributed by atoms with E-state index >= 15 is 0 Å².